The first-order valence-corrected chi connectivity index (χ1v) is 11.6. The lowest BCUT2D eigenvalue weighted by Gasteiger charge is -2.27. The third-order valence-corrected chi connectivity index (χ3v) is 6.95. The predicted octanol–water partition coefficient (Wildman–Crippen LogP) is 6.61. The second kappa shape index (κ2) is 9.50. The summed E-state index contributed by atoms with van der Waals surface area (Å²) in [5.74, 6) is 0.625. The summed E-state index contributed by atoms with van der Waals surface area (Å²) in [5.41, 5.74) is -0.0952. The molecule has 5 nitrogen and oxygen atoms in total. The summed E-state index contributed by atoms with van der Waals surface area (Å²) < 4.78 is 27.9. The third-order valence-electron chi connectivity index (χ3n) is 4.78. The fraction of sp³-hybridized carbons (Fsp3) is 0.0800. The molecule has 0 N–H and O–H groups in total. The number of carbonyl (C=O) groups is 1. The van der Waals surface area contributed by atoms with Crippen molar-refractivity contribution >= 4 is 13.5 Å². The summed E-state index contributed by atoms with van der Waals surface area (Å²) in [5, 5.41) is 0. The van der Waals surface area contributed by atoms with Gasteiger partial charge >= 0.3 is 7.60 Å². The van der Waals surface area contributed by atoms with Crippen LogP contribution < -0.4 is 9.05 Å². The van der Waals surface area contributed by atoms with Crippen LogP contribution in [0.15, 0.2) is 116 Å². The summed E-state index contributed by atoms with van der Waals surface area (Å²) in [6.45, 7) is 0. The van der Waals surface area contributed by atoms with Crippen LogP contribution in [0, 0.1) is 0 Å². The normalized spacial score (nSPS) is 12.1. The number of hydrogen-bond acceptors (Lipinski definition) is 4. The Morgan fingerprint density at radius 2 is 1.16 bits per heavy atom. The predicted molar refractivity (Wildman–Crippen MR) is 121 cm³/mol. The quantitative estimate of drug-likeness (QED) is 0.295. The Bertz CT molecular complexity index is 1100. The zero-order valence-electron chi connectivity index (χ0n) is 16.8. The lowest BCUT2D eigenvalue weighted by molar-refractivity contribution is 0.0898. The van der Waals surface area contributed by atoms with E-state index in [0.29, 0.717) is 17.1 Å². The molecule has 6 heteroatoms. The maximum Gasteiger partial charge on any atom is 0.438 e. The number of carbonyl (C=O) groups excluding carboxylic acids is 1. The largest absolute Gasteiger partial charge is 0.438 e. The fourth-order valence-electron chi connectivity index (χ4n) is 3.26. The van der Waals surface area contributed by atoms with Gasteiger partial charge in [0.15, 0.2) is 0 Å². The van der Waals surface area contributed by atoms with Crippen molar-refractivity contribution < 1.29 is 18.4 Å². The van der Waals surface area contributed by atoms with Crippen LogP contribution in [0.5, 0.6) is 11.5 Å². The van der Waals surface area contributed by atoms with Gasteiger partial charge < -0.3 is 9.05 Å². The van der Waals surface area contributed by atoms with Crippen molar-refractivity contribution in [1.29, 1.82) is 0 Å². The Labute approximate surface area is 181 Å². The van der Waals surface area contributed by atoms with Crippen molar-refractivity contribution in [2.45, 2.75) is 12.1 Å². The van der Waals surface area contributed by atoms with Crippen LogP contribution in [0.25, 0.3) is 0 Å². The van der Waals surface area contributed by atoms with Gasteiger partial charge in [0.1, 0.15) is 17.2 Å². The topological polar surface area (TPSA) is 57.5 Å². The number of hydrogen-bond donors (Lipinski definition) is 0. The lowest BCUT2D eigenvalue weighted by atomic mass is 10.1. The van der Waals surface area contributed by atoms with Crippen molar-refractivity contribution in [1.82, 2.24) is 4.57 Å². The highest BCUT2D eigenvalue weighted by molar-refractivity contribution is 7.55. The van der Waals surface area contributed by atoms with Crippen LogP contribution in [-0.2, 0) is 4.57 Å². The molecule has 1 unspecified atom stereocenters. The summed E-state index contributed by atoms with van der Waals surface area (Å²) in [4.78, 5) is 13.0. The molecule has 1 atom stereocenters. The van der Waals surface area contributed by atoms with E-state index in [1.165, 1.54) is 4.57 Å². The molecule has 156 valence electrons. The maximum absolute atomic E-state index is 14.4. The van der Waals surface area contributed by atoms with E-state index in [4.69, 9.17) is 9.05 Å². The molecule has 1 aromatic heterocycles. The molecular formula is C25H22NO4P. The molecule has 0 amide bonds. The van der Waals surface area contributed by atoms with Crippen molar-refractivity contribution in [3.8, 4) is 11.5 Å². The van der Waals surface area contributed by atoms with E-state index in [0.717, 1.165) is 0 Å². The second-order valence-electron chi connectivity index (χ2n) is 6.96. The van der Waals surface area contributed by atoms with Crippen molar-refractivity contribution in [2.24, 2.45) is 0 Å². The van der Waals surface area contributed by atoms with Gasteiger partial charge in [0.2, 0.25) is 5.91 Å². The van der Waals surface area contributed by atoms with Gasteiger partial charge in [-0.25, -0.2) is 4.57 Å². The van der Waals surface area contributed by atoms with E-state index >= 15 is 0 Å². The number of nitrogens with zero attached hydrogens (tertiary/aromatic N) is 1. The maximum atomic E-state index is 14.4. The molecule has 1 heterocycles. The molecule has 0 aliphatic heterocycles. The van der Waals surface area contributed by atoms with E-state index < -0.39 is 13.3 Å². The number of aromatic nitrogens is 1. The van der Waals surface area contributed by atoms with E-state index in [1.54, 1.807) is 73.1 Å². The van der Waals surface area contributed by atoms with Gasteiger partial charge in [-0.15, -0.1) is 0 Å². The summed E-state index contributed by atoms with van der Waals surface area (Å²) in [6.07, 6.45) is 3.30. The SMILES string of the molecule is O=C(CC(c1ccccc1)P(=O)(Oc1ccccc1)Oc1ccccc1)n1cccc1. The average Bonchev–Trinajstić information content (AvgIpc) is 3.34. The zero-order valence-corrected chi connectivity index (χ0v) is 17.7. The van der Waals surface area contributed by atoms with Crippen LogP contribution in [0.4, 0.5) is 0 Å². The molecule has 0 bridgehead atoms. The van der Waals surface area contributed by atoms with Crippen LogP contribution in [0.2, 0.25) is 0 Å². The minimum atomic E-state index is -3.89. The highest BCUT2D eigenvalue weighted by Gasteiger charge is 2.42. The van der Waals surface area contributed by atoms with Crippen LogP contribution >= 0.6 is 7.60 Å². The Morgan fingerprint density at radius 3 is 1.65 bits per heavy atom. The van der Waals surface area contributed by atoms with Crippen molar-refractivity contribution in [3.05, 3.63) is 121 Å². The molecule has 0 aliphatic carbocycles. The Hall–Kier alpha value is -3.56. The van der Waals surface area contributed by atoms with Crippen LogP contribution in [0.3, 0.4) is 0 Å². The van der Waals surface area contributed by atoms with E-state index in [-0.39, 0.29) is 12.3 Å². The minimum absolute atomic E-state index is 0.0460. The van der Waals surface area contributed by atoms with Gasteiger partial charge in [-0.1, -0.05) is 66.7 Å². The minimum Gasteiger partial charge on any atom is -0.416 e. The van der Waals surface area contributed by atoms with E-state index in [2.05, 4.69) is 0 Å². The molecule has 0 fully saturated rings. The van der Waals surface area contributed by atoms with Crippen LogP contribution in [0.1, 0.15) is 22.4 Å². The summed E-state index contributed by atoms with van der Waals surface area (Å²) >= 11 is 0. The van der Waals surface area contributed by atoms with Gasteiger partial charge in [0.05, 0.1) is 0 Å². The molecular weight excluding hydrogens is 409 g/mol. The molecule has 0 radical (unpaired) electrons. The molecule has 0 saturated heterocycles. The number of para-hydroxylation sites is 2. The first kappa shape index (κ1) is 20.7. The molecule has 3 aromatic carbocycles. The first-order valence-electron chi connectivity index (χ1n) is 9.94. The molecule has 4 aromatic rings. The molecule has 31 heavy (non-hydrogen) atoms. The van der Waals surface area contributed by atoms with Crippen molar-refractivity contribution in [3.63, 3.8) is 0 Å². The van der Waals surface area contributed by atoms with Gasteiger partial charge in [-0.2, -0.15) is 0 Å². The third kappa shape index (κ3) is 5.14. The van der Waals surface area contributed by atoms with E-state index in [9.17, 15) is 9.36 Å². The smallest absolute Gasteiger partial charge is 0.416 e. The summed E-state index contributed by atoms with van der Waals surface area (Å²) in [6, 6.07) is 30.5. The summed E-state index contributed by atoms with van der Waals surface area (Å²) in [7, 11) is -3.89. The second-order valence-corrected chi connectivity index (χ2v) is 9.03. The molecule has 0 spiro atoms. The molecule has 0 aliphatic rings. The number of benzene rings is 3. The molecule has 4 rings (SSSR count). The highest BCUT2D eigenvalue weighted by Crippen LogP contribution is 2.61. The Morgan fingerprint density at radius 1 is 0.710 bits per heavy atom. The Kier molecular flexibility index (Phi) is 6.34. The fourth-order valence-corrected chi connectivity index (χ4v) is 5.30. The van der Waals surface area contributed by atoms with Gasteiger partial charge in [-0.05, 0) is 42.0 Å². The Balaban J connectivity index is 1.76. The zero-order chi connectivity index (χ0) is 21.5. The van der Waals surface area contributed by atoms with Crippen molar-refractivity contribution in [2.75, 3.05) is 0 Å². The average molecular weight is 431 g/mol. The number of rotatable bonds is 8. The standard InChI is InChI=1S/C25H22NO4P/c27-25(26-18-10-11-19-26)20-24(21-12-4-1-5-13-21)31(28,29-22-14-6-2-7-15-22)30-23-16-8-3-9-17-23/h1-19,24H,20H2. The first-order chi connectivity index (χ1) is 15.1. The van der Waals surface area contributed by atoms with Gasteiger partial charge in [-0.3, -0.25) is 9.36 Å². The highest BCUT2D eigenvalue weighted by atomic mass is 31.2. The lowest BCUT2D eigenvalue weighted by Crippen LogP contribution is -2.18. The molecule has 0 saturated carbocycles. The van der Waals surface area contributed by atoms with Gasteiger partial charge in [0.25, 0.3) is 0 Å². The monoisotopic (exact) mass is 431 g/mol. The van der Waals surface area contributed by atoms with Gasteiger partial charge in [0, 0.05) is 18.8 Å². The van der Waals surface area contributed by atoms with E-state index in [1.807, 2.05) is 42.5 Å². The van der Waals surface area contributed by atoms with Crippen LogP contribution in [-0.4, -0.2) is 10.5 Å².